The summed E-state index contributed by atoms with van der Waals surface area (Å²) in [5, 5.41) is 0. The summed E-state index contributed by atoms with van der Waals surface area (Å²) in [6.07, 6.45) is 9.42. The summed E-state index contributed by atoms with van der Waals surface area (Å²) < 4.78 is 0. The minimum atomic E-state index is -0.149. The van der Waals surface area contributed by atoms with Crippen molar-refractivity contribution in [3.8, 4) is 22.3 Å². The van der Waals surface area contributed by atoms with Gasteiger partial charge < -0.3 is 14.7 Å². The second-order valence-corrected chi connectivity index (χ2v) is 29.8. The number of nitrogens with zero attached hydrogens (tertiary/aromatic N) is 3. The van der Waals surface area contributed by atoms with Crippen LogP contribution in [0.5, 0.6) is 0 Å². The molecule has 0 radical (unpaired) electrons. The third-order valence-electron chi connectivity index (χ3n) is 22.0. The molecule has 81 heavy (non-hydrogen) atoms. The molecule has 1 saturated carbocycles. The molecule has 8 aromatic rings. The zero-order valence-corrected chi connectivity index (χ0v) is 51.1. The second-order valence-electron chi connectivity index (χ2n) is 29.8. The molecule has 3 aliphatic heterocycles. The first-order chi connectivity index (χ1) is 38.4. The molecule has 0 bridgehead atoms. The number of hydrogen-bond donors (Lipinski definition) is 0. The van der Waals surface area contributed by atoms with Crippen LogP contribution in [0.3, 0.4) is 0 Å². The lowest BCUT2D eigenvalue weighted by atomic mass is 9.33. The summed E-state index contributed by atoms with van der Waals surface area (Å²) in [5.74, 6) is 0. The SMILES string of the molecule is Cc1cc2c(cc1N1c3ccc(-c4ccccc4)cc3B3c4cc5c(cc4N(c4ccc(C(C)(C)C)cc4-c4ccccc4)c4cc(N6c7ccccc7C7(C)CCCCC67C)cc1c43)C(C)(C)CCC5(C)C)C(C)(C)CCC2(C)C. The van der Waals surface area contributed by atoms with Gasteiger partial charge in [-0.15, -0.1) is 0 Å². The third kappa shape index (κ3) is 7.66. The second kappa shape index (κ2) is 17.6. The molecule has 0 N–H and O–H groups in total. The van der Waals surface area contributed by atoms with Crippen LogP contribution in [-0.4, -0.2) is 12.3 Å². The maximum absolute atomic E-state index is 2.85. The van der Waals surface area contributed by atoms with Crippen molar-refractivity contribution in [2.24, 2.45) is 0 Å². The standard InChI is InChI=1S/C77H84BN3/c1-49-41-57-59(74(9,10)39-37-72(57,5)6)47-66(49)80-65-33-31-52(50-25-17-15-18-26-50)42-61(65)78-62-46-58-60(75(11,12)40-38-73(58,7)8)48-67(62)79(63-34-32-53(71(2,3)4)43-55(63)51-27-19-16-20-28-51)68-44-54(45-69(80)70(68)78)81-64-30-22-21-29-56(64)76(13)35-23-24-36-77(76,81)14/h15-22,25-34,41-48H,23-24,35-40H2,1-14H3. The first-order valence-corrected chi connectivity index (χ1v) is 30.8. The minimum Gasteiger partial charge on any atom is -0.334 e. The van der Waals surface area contributed by atoms with Crippen molar-refractivity contribution < 1.29 is 0 Å². The zero-order chi connectivity index (χ0) is 56.6. The molecular formula is C77H84BN3. The summed E-state index contributed by atoms with van der Waals surface area (Å²) in [5.41, 5.74) is 29.4. The fourth-order valence-electron chi connectivity index (χ4n) is 16.6. The molecule has 6 aliphatic rings. The van der Waals surface area contributed by atoms with E-state index in [0.717, 1.165) is 25.7 Å². The highest BCUT2D eigenvalue weighted by atomic mass is 15.3. The van der Waals surface area contributed by atoms with Gasteiger partial charge in [-0.3, -0.25) is 0 Å². The number of para-hydroxylation sites is 1. The molecule has 0 amide bonds. The van der Waals surface area contributed by atoms with Gasteiger partial charge in [0, 0.05) is 50.8 Å². The molecule has 14 rings (SSSR count). The Labute approximate surface area is 485 Å². The van der Waals surface area contributed by atoms with Crippen LogP contribution in [0.15, 0.2) is 158 Å². The van der Waals surface area contributed by atoms with E-state index in [9.17, 15) is 0 Å². The molecule has 2 unspecified atom stereocenters. The van der Waals surface area contributed by atoms with E-state index >= 15 is 0 Å². The van der Waals surface area contributed by atoms with Gasteiger partial charge in [-0.25, -0.2) is 0 Å². The lowest BCUT2D eigenvalue weighted by Gasteiger charge is -2.51. The fraction of sp³-hybridized carbons (Fsp3) is 0.377. The van der Waals surface area contributed by atoms with Crippen molar-refractivity contribution in [3.05, 3.63) is 197 Å². The average molecular weight is 1060 g/mol. The number of aryl methyl sites for hydroxylation is 1. The van der Waals surface area contributed by atoms with Crippen LogP contribution in [0, 0.1) is 6.92 Å². The number of rotatable bonds is 5. The Balaban J connectivity index is 1.17. The monoisotopic (exact) mass is 1060 g/mol. The van der Waals surface area contributed by atoms with E-state index in [4.69, 9.17) is 0 Å². The highest BCUT2D eigenvalue weighted by Gasteiger charge is 2.58. The quantitative estimate of drug-likeness (QED) is 0.159. The summed E-state index contributed by atoms with van der Waals surface area (Å²) in [4.78, 5) is 8.38. The van der Waals surface area contributed by atoms with Gasteiger partial charge in [0.1, 0.15) is 0 Å². The van der Waals surface area contributed by atoms with Crippen molar-refractivity contribution in [3.63, 3.8) is 0 Å². The Bertz CT molecular complexity index is 3890. The van der Waals surface area contributed by atoms with Crippen LogP contribution in [0.25, 0.3) is 22.3 Å². The van der Waals surface area contributed by atoms with Crippen molar-refractivity contribution in [1.82, 2.24) is 0 Å². The fourth-order valence-corrected chi connectivity index (χ4v) is 16.6. The summed E-state index contributed by atoms with van der Waals surface area (Å²) in [6.45, 7) is 34.6. The van der Waals surface area contributed by atoms with E-state index in [0.29, 0.717) is 0 Å². The third-order valence-corrected chi connectivity index (χ3v) is 22.0. The van der Waals surface area contributed by atoms with Crippen LogP contribution in [0.1, 0.15) is 180 Å². The van der Waals surface area contributed by atoms with Crippen LogP contribution < -0.4 is 31.1 Å². The van der Waals surface area contributed by atoms with Crippen LogP contribution in [-0.2, 0) is 32.5 Å². The first kappa shape index (κ1) is 52.3. The lowest BCUT2D eigenvalue weighted by Crippen LogP contribution is -2.62. The van der Waals surface area contributed by atoms with Crippen molar-refractivity contribution >= 4 is 68.6 Å². The Morgan fingerprint density at radius 1 is 0.395 bits per heavy atom. The lowest BCUT2D eigenvalue weighted by molar-refractivity contribution is 0.195. The van der Waals surface area contributed by atoms with Gasteiger partial charge in [-0.2, -0.15) is 0 Å². The van der Waals surface area contributed by atoms with Crippen LogP contribution in [0.2, 0.25) is 0 Å². The minimum absolute atomic E-state index is 0.00269. The maximum Gasteiger partial charge on any atom is 0.252 e. The predicted molar refractivity (Wildman–Crippen MR) is 348 cm³/mol. The van der Waals surface area contributed by atoms with Gasteiger partial charge in [-0.05, 0) is 200 Å². The summed E-state index contributed by atoms with van der Waals surface area (Å²) in [6, 6.07) is 62.9. The molecule has 0 saturated heterocycles. The zero-order valence-electron chi connectivity index (χ0n) is 51.1. The molecule has 410 valence electrons. The van der Waals surface area contributed by atoms with E-state index in [1.54, 1.807) is 0 Å². The normalized spacial score (nSPS) is 22.2. The number of fused-ring (bicyclic) bond motifs is 9. The van der Waals surface area contributed by atoms with Crippen molar-refractivity contribution in [2.75, 3.05) is 14.7 Å². The largest absolute Gasteiger partial charge is 0.334 e. The number of benzene rings is 8. The Kier molecular flexibility index (Phi) is 11.4. The van der Waals surface area contributed by atoms with E-state index in [1.807, 2.05) is 0 Å². The van der Waals surface area contributed by atoms with E-state index in [2.05, 4.69) is 269 Å². The molecule has 0 spiro atoms. The molecule has 3 heterocycles. The Hall–Kier alpha value is -6.78. The number of anilines is 8. The average Bonchev–Trinajstić information content (AvgIpc) is 3.92. The molecule has 4 heteroatoms. The highest BCUT2D eigenvalue weighted by molar-refractivity contribution is 7.00. The maximum atomic E-state index is 2.85. The van der Waals surface area contributed by atoms with Gasteiger partial charge in [0.2, 0.25) is 0 Å². The molecule has 2 atom stereocenters. The summed E-state index contributed by atoms with van der Waals surface area (Å²) in [7, 11) is 0. The molecule has 3 aliphatic carbocycles. The van der Waals surface area contributed by atoms with E-state index in [-0.39, 0.29) is 44.7 Å². The Morgan fingerprint density at radius 3 is 1.54 bits per heavy atom. The molecule has 1 fully saturated rings. The van der Waals surface area contributed by atoms with Crippen LogP contribution in [0.4, 0.5) is 45.5 Å². The van der Waals surface area contributed by atoms with E-state index < -0.39 is 0 Å². The Morgan fingerprint density at radius 2 is 0.914 bits per heavy atom. The molecule has 3 nitrogen and oxygen atoms in total. The highest BCUT2D eigenvalue weighted by Crippen LogP contribution is 2.62. The molecule has 8 aromatic carbocycles. The predicted octanol–water partition coefficient (Wildman–Crippen LogP) is 19.1. The first-order valence-electron chi connectivity index (χ1n) is 30.8. The van der Waals surface area contributed by atoms with Gasteiger partial charge >= 0.3 is 0 Å². The van der Waals surface area contributed by atoms with Gasteiger partial charge in [-0.1, -0.05) is 205 Å². The topological polar surface area (TPSA) is 9.72 Å². The molecular weight excluding hydrogens is 978 g/mol. The van der Waals surface area contributed by atoms with Gasteiger partial charge in [0.15, 0.2) is 0 Å². The number of hydrogen-bond acceptors (Lipinski definition) is 3. The summed E-state index contributed by atoms with van der Waals surface area (Å²) >= 11 is 0. The smallest absolute Gasteiger partial charge is 0.252 e. The van der Waals surface area contributed by atoms with Crippen molar-refractivity contribution in [2.45, 2.75) is 186 Å². The van der Waals surface area contributed by atoms with E-state index in [1.165, 1.54) is 149 Å². The van der Waals surface area contributed by atoms with Crippen molar-refractivity contribution in [1.29, 1.82) is 0 Å². The molecule has 0 aromatic heterocycles. The van der Waals surface area contributed by atoms with Crippen LogP contribution >= 0.6 is 0 Å². The van der Waals surface area contributed by atoms with Gasteiger partial charge in [0.25, 0.3) is 6.71 Å². The van der Waals surface area contributed by atoms with Gasteiger partial charge in [0.05, 0.1) is 11.2 Å².